The number of carbonyl (C=O) groups is 3. The van der Waals surface area contributed by atoms with Crippen molar-refractivity contribution in [2.45, 2.75) is 46.1 Å². The Morgan fingerprint density at radius 3 is 2.76 bits per heavy atom. The maximum absolute atomic E-state index is 13.0. The third kappa shape index (κ3) is 2.94. The van der Waals surface area contributed by atoms with Crippen molar-refractivity contribution in [2.24, 2.45) is 5.41 Å². The number of aromatic nitrogens is 3. The molecule has 1 fully saturated rings. The molecule has 1 aliphatic heterocycles. The maximum atomic E-state index is 13.0. The lowest BCUT2D eigenvalue weighted by Gasteiger charge is -2.27. The number of Topliss-reactive ketones (excluding diaryl/α,β-unsaturated/α-hetero) is 1. The van der Waals surface area contributed by atoms with Gasteiger partial charge in [0.2, 0.25) is 5.78 Å². The van der Waals surface area contributed by atoms with Gasteiger partial charge in [-0.2, -0.15) is 0 Å². The highest BCUT2D eigenvalue weighted by Crippen LogP contribution is 2.26. The zero-order chi connectivity index (χ0) is 18.2. The van der Waals surface area contributed by atoms with Crippen LogP contribution in [0.25, 0.3) is 11.2 Å². The number of hydrogen-bond acceptors (Lipinski definition) is 5. The molecule has 1 atom stereocenters. The molecule has 1 unspecified atom stereocenters. The van der Waals surface area contributed by atoms with Gasteiger partial charge in [-0.25, -0.2) is 9.97 Å². The molecule has 0 N–H and O–H groups in total. The van der Waals surface area contributed by atoms with Gasteiger partial charge in [0, 0.05) is 18.2 Å². The van der Waals surface area contributed by atoms with E-state index in [4.69, 9.17) is 0 Å². The number of imidazole rings is 1. The summed E-state index contributed by atoms with van der Waals surface area (Å²) in [7, 11) is 0. The van der Waals surface area contributed by atoms with E-state index in [-0.39, 0.29) is 5.91 Å². The van der Waals surface area contributed by atoms with Gasteiger partial charge >= 0.3 is 0 Å². The molecule has 1 aliphatic rings. The van der Waals surface area contributed by atoms with Gasteiger partial charge < -0.3 is 4.90 Å². The van der Waals surface area contributed by atoms with Gasteiger partial charge in [0.25, 0.3) is 11.8 Å². The molecule has 3 heterocycles. The highest BCUT2D eigenvalue weighted by molar-refractivity contribution is 6.38. The van der Waals surface area contributed by atoms with Crippen molar-refractivity contribution in [3.63, 3.8) is 0 Å². The molecule has 0 aliphatic carbocycles. The maximum Gasteiger partial charge on any atom is 0.291 e. The van der Waals surface area contributed by atoms with Crippen LogP contribution in [0.3, 0.4) is 0 Å². The molecular weight excluding hydrogens is 320 g/mol. The van der Waals surface area contributed by atoms with Gasteiger partial charge in [-0.1, -0.05) is 20.8 Å². The van der Waals surface area contributed by atoms with Crippen molar-refractivity contribution in [1.29, 1.82) is 0 Å². The Labute approximate surface area is 146 Å². The van der Waals surface area contributed by atoms with Crippen LogP contribution in [0, 0.1) is 5.41 Å². The smallest absolute Gasteiger partial charge is 0.291 e. The van der Waals surface area contributed by atoms with Crippen molar-refractivity contribution in [1.82, 2.24) is 19.4 Å². The third-order valence-electron chi connectivity index (χ3n) is 5.05. The molecule has 7 nitrogen and oxygen atoms in total. The molecule has 1 saturated heterocycles. The molecule has 25 heavy (non-hydrogen) atoms. The number of amides is 1. The molecule has 132 valence electrons. The number of nitrogens with zero attached hydrogens (tertiary/aromatic N) is 4. The van der Waals surface area contributed by atoms with Gasteiger partial charge in [-0.15, -0.1) is 0 Å². The molecule has 0 spiro atoms. The van der Waals surface area contributed by atoms with Crippen molar-refractivity contribution in [3.8, 4) is 0 Å². The lowest BCUT2D eigenvalue weighted by Crippen LogP contribution is -2.48. The minimum atomic E-state index is -0.723. The highest BCUT2D eigenvalue weighted by Gasteiger charge is 2.41. The molecule has 0 radical (unpaired) electrons. The topological polar surface area (TPSA) is 85.2 Å². The zero-order valence-corrected chi connectivity index (χ0v) is 14.7. The van der Waals surface area contributed by atoms with Crippen LogP contribution in [0.1, 0.15) is 44.8 Å². The predicted molar refractivity (Wildman–Crippen MR) is 92.0 cm³/mol. The predicted octanol–water partition coefficient (Wildman–Crippen LogP) is 2.07. The SMILES string of the molecule is CCC(C)(C)C(=O)C(=O)N1CCCC1C(=O)n1cnc2ncccc21. The molecule has 2 aromatic rings. The second-order valence-corrected chi connectivity index (χ2v) is 7.02. The van der Waals surface area contributed by atoms with Gasteiger partial charge in [0.05, 0.1) is 5.52 Å². The Kier molecular flexibility index (Phi) is 4.41. The Morgan fingerprint density at radius 2 is 2.04 bits per heavy atom. The monoisotopic (exact) mass is 342 g/mol. The first-order valence-corrected chi connectivity index (χ1v) is 8.54. The van der Waals surface area contributed by atoms with Crippen LogP contribution in [0.15, 0.2) is 24.7 Å². The van der Waals surface area contributed by atoms with E-state index in [1.165, 1.54) is 15.8 Å². The number of fused-ring (bicyclic) bond motifs is 1. The van der Waals surface area contributed by atoms with E-state index < -0.39 is 23.1 Å². The van der Waals surface area contributed by atoms with Crippen LogP contribution >= 0.6 is 0 Å². The summed E-state index contributed by atoms with van der Waals surface area (Å²) in [5.41, 5.74) is 0.362. The van der Waals surface area contributed by atoms with Crippen LogP contribution in [0.5, 0.6) is 0 Å². The number of carbonyl (C=O) groups excluding carboxylic acids is 3. The number of ketones is 1. The summed E-state index contributed by atoms with van der Waals surface area (Å²) in [6, 6.07) is 2.86. The standard InChI is InChI=1S/C18H22N4O3/c1-4-18(2,3)14(23)17(25)21-10-6-8-13(21)16(24)22-11-20-15-12(22)7-5-9-19-15/h5,7,9,11,13H,4,6,8,10H2,1-3H3. The first-order chi connectivity index (χ1) is 11.9. The van der Waals surface area contributed by atoms with Crippen LogP contribution in [-0.2, 0) is 9.59 Å². The molecule has 0 bridgehead atoms. The highest BCUT2D eigenvalue weighted by atomic mass is 16.2. The number of likely N-dealkylation sites (tertiary alicyclic amines) is 1. The molecule has 7 heteroatoms. The van der Waals surface area contributed by atoms with Crippen molar-refractivity contribution in [2.75, 3.05) is 6.54 Å². The third-order valence-corrected chi connectivity index (χ3v) is 5.05. The van der Waals surface area contributed by atoms with E-state index in [9.17, 15) is 14.4 Å². The van der Waals surface area contributed by atoms with Gasteiger partial charge in [-0.3, -0.25) is 19.0 Å². The summed E-state index contributed by atoms with van der Waals surface area (Å²) in [4.78, 5) is 47.8. The zero-order valence-electron chi connectivity index (χ0n) is 14.7. The summed E-state index contributed by atoms with van der Waals surface area (Å²) < 4.78 is 1.42. The fourth-order valence-corrected chi connectivity index (χ4v) is 3.03. The Hall–Kier alpha value is -2.57. The number of pyridine rings is 1. The van der Waals surface area contributed by atoms with Gasteiger partial charge in [0.15, 0.2) is 5.65 Å². The largest absolute Gasteiger partial charge is 0.324 e. The summed E-state index contributed by atoms with van der Waals surface area (Å²) in [6.07, 6.45) is 4.86. The van der Waals surface area contributed by atoms with E-state index in [1.54, 1.807) is 32.2 Å². The first-order valence-electron chi connectivity index (χ1n) is 8.54. The van der Waals surface area contributed by atoms with E-state index >= 15 is 0 Å². The molecular formula is C18H22N4O3. The van der Waals surface area contributed by atoms with Crippen LogP contribution < -0.4 is 0 Å². The Balaban J connectivity index is 1.88. The van der Waals surface area contributed by atoms with Crippen LogP contribution in [0.4, 0.5) is 0 Å². The van der Waals surface area contributed by atoms with Crippen LogP contribution in [-0.4, -0.2) is 49.6 Å². The molecule has 3 rings (SSSR count). The summed E-state index contributed by atoms with van der Waals surface area (Å²) in [5, 5.41) is 0. The fourth-order valence-electron chi connectivity index (χ4n) is 3.03. The number of rotatable bonds is 4. The minimum absolute atomic E-state index is 0.247. The van der Waals surface area contributed by atoms with E-state index in [1.807, 2.05) is 6.92 Å². The van der Waals surface area contributed by atoms with Gasteiger partial charge in [0.1, 0.15) is 12.4 Å². The number of hydrogen-bond donors (Lipinski definition) is 0. The second kappa shape index (κ2) is 6.38. The van der Waals surface area contributed by atoms with E-state index in [2.05, 4.69) is 9.97 Å². The lowest BCUT2D eigenvalue weighted by atomic mass is 9.84. The minimum Gasteiger partial charge on any atom is -0.324 e. The van der Waals surface area contributed by atoms with Crippen molar-refractivity contribution in [3.05, 3.63) is 24.7 Å². The van der Waals surface area contributed by atoms with Crippen molar-refractivity contribution < 1.29 is 14.4 Å². The molecule has 0 saturated carbocycles. The quantitative estimate of drug-likeness (QED) is 0.794. The van der Waals surface area contributed by atoms with Crippen molar-refractivity contribution >= 4 is 28.8 Å². The average molecular weight is 342 g/mol. The Bertz CT molecular complexity index is 840. The molecule has 1 amide bonds. The van der Waals surface area contributed by atoms with E-state index in [0.29, 0.717) is 37.0 Å². The van der Waals surface area contributed by atoms with E-state index in [0.717, 1.165) is 0 Å². The summed E-state index contributed by atoms with van der Waals surface area (Å²) >= 11 is 0. The van der Waals surface area contributed by atoms with Crippen LogP contribution in [0.2, 0.25) is 0 Å². The Morgan fingerprint density at radius 1 is 1.28 bits per heavy atom. The molecule has 2 aromatic heterocycles. The molecule has 0 aromatic carbocycles. The summed E-state index contributed by atoms with van der Waals surface area (Å²) in [6.45, 7) is 5.82. The van der Waals surface area contributed by atoms with Gasteiger partial charge in [-0.05, 0) is 31.4 Å². The average Bonchev–Trinajstić information content (AvgIpc) is 3.26. The summed E-state index contributed by atoms with van der Waals surface area (Å²) in [5.74, 6) is -1.25. The fraction of sp³-hybridized carbons (Fsp3) is 0.500. The second-order valence-electron chi connectivity index (χ2n) is 7.02. The lowest BCUT2D eigenvalue weighted by molar-refractivity contribution is -0.149. The normalized spacial score (nSPS) is 17.9. The first kappa shape index (κ1) is 17.3.